The van der Waals surface area contributed by atoms with Crippen LogP contribution in [0.3, 0.4) is 0 Å². The van der Waals surface area contributed by atoms with Crippen molar-refractivity contribution in [3.8, 4) is 0 Å². The fourth-order valence-corrected chi connectivity index (χ4v) is 2.85. The molecule has 1 saturated heterocycles. The summed E-state index contributed by atoms with van der Waals surface area (Å²) >= 11 is 0. The second kappa shape index (κ2) is 2.63. The minimum absolute atomic E-state index is 0.0106. The SMILES string of the molecule is O=S(=O)(F)N1CCCC2(C1)CC2(F)F. The molecule has 0 aromatic rings. The highest BCUT2D eigenvalue weighted by Gasteiger charge is 2.71. The zero-order valence-electron chi connectivity index (χ0n) is 7.34. The monoisotopic (exact) mass is 229 g/mol. The molecule has 1 spiro atoms. The number of hydrogen-bond acceptors (Lipinski definition) is 2. The molecule has 0 aromatic heterocycles. The molecular formula is C7H10F3NO2S. The van der Waals surface area contributed by atoms with Gasteiger partial charge in [0.05, 0.1) is 5.41 Å². The predicted octanol–water partition coefficient (Wildman–Crippen LogP) is 1.32. The van der Waals surface area contributed by atoms with Gasteiger partial charge in [0.15, 0.2) is 0 Å². The maximum atomic E-state index is 12.9. The summed E-state index contributed by atoms with van der Waals surface area (Å²) in [5.74, 6) is -2.81. The summed E-state index contributed by atoms with van der Waals surface area (Å²) in [6.45, 7) is -0.366. The molecule has 1 aliphatic carbocycles. The Morgan fingerprint density at radius 1 is 1.29 bits per heavy atom. The molecule has 3 nitrogen and oxygen atoms in total. The number of nitrogens with zero attached hydrogens (tertiary/aromatic N) is 1. The molecule has 0 radical (unpaired) electrons. The van der Waals surface area contributed by atoms with E-state index in [0.29, 0.717) is 10.7 Å². The van der Waals surface area contributed by atoms with Gasteiger partial charge in [-0.3, -0.25) is 0 Å². The third-order valence-electron chi connectivity index (χ3n) is 3.06. The Morgan fingerprint density at radius 2 is 1.86 bits per heavy atom. The van der Waals surface area contributed by atoms with Crippen LogP contribution in [0.5, 0.6) is 0 Å². The Morgan fingerprint density at radius 3 is 2.29 bits per heavy atom. The van der Waals surface area contributed by atoms with Gasteiger partial charge in [-0.15, -0.1) is 0 Å². The molecule has 1 heterocycles. The van der Waals surface area contributed by atoms with Crippen LogP contribution in [0.15, 0.2) is 0 Å². The van der Waals surface area contributed by atoms with E-state index in [-0.39, 0.29) is 25.9 Å². The largest absolute Gasteiger partial charge is 0.374 e. The predicted molar refractivity (Wildman–Crippen MR) is 42.8 cm³/mol. The van der Waals surface area contributed by atoms with Crippen LogP contribution in [0, 0.1) is 5.41 Å². The average Bonchev–Trinajstić information content (AvgIpc) is 2.50. The summed E-state index contributed by atoms with van der Waals surface area (Å²) in [7, 11) is -4.81. The minimum Gasteiger partial charge on any atom is -0.206 e. The third-order valence-corrected chi connectivity index (χ3v) is 3.99. The number of piperidine rings is 1. The first-order chi connectivity index (χ1) is 6.27. The average molecular weight is 229 g/mol. The van der Waals surface area contributed by atoms with Gasteiger partial charge in [-0.05, 0) is 12.8 Å². The maximum absolute atomic E-state index is 12.9. The van der Waals surface area contributed by atoms with Crippen LogP contribution < -0.4 is 0 Å². The number of rotatable bonds is 1. The van der Waals surface area contributed by atoms with E-state index in [4.69, 9.17) is 0 Å². The second-order valence-corrected chi connectivity index (χ2v) is 5.38. The summed E-state index contributed by atoms with van der Waals surface area (Å²) in [5, 5.41) is 0. The summed E-state index contributed by atoms with van der Waals surface area (Å²) in [4.78, 5) is 0. The van der Waals surface area contributed by atoms with E-state index in [1.54, 1.807) is 0 Å². The second-order valence-electron chi connectivity index (χ2n) is 4.04. The Kier molecular flexibility index (Phi) is 1.92. The Hall–Kier alpha value is -0.300. The highest BCUT2D eigenvalue weighted by Crippen LogP contribution is 2.64. The van der Waals surface area contributed by atoms with Crippen LogP contribution in [-0.2, 0) is 10.4 Å². The molecular weight excluding hydrogens is 219 g/mol. The Bertz CT molecular complexity index is 356. The van der Waals surface area contributed by atoms with Gasteiger partial charge in [-0.25, -0.2) is 8.78 Å². The number of hydrogen-bond donors (Lipinski definition) is 0. The normalized spacial score (nSPS) is 37.4. The van der Waals surface area contributed by atoms with Crippen LogP contribution in [-0.4, -0.2) is 31.7 Å². The molecule has 0 aromatic carbocycles. The number of halogens is 3. The van der Waals surface area contributed by atoms with Crippen molar-refractivity contribution in [3.63, 3.8) is 0 Å². The highest BCUT2D eigenvalue weighted by atomic mass is 32.3. The summed E-state index contributed by atoms with van der Waals surface area (Å²) in [6, 6.07) is 0. The van der Waals surface area contributed by atoms with Crippen molar-refractivity contribution in [2.24, 2.45) is 5.41 Å². The lowest BCUT2D eigenvalue weighted by Crippen LogP contribution is -2.40. The van der Waals surface area contributed by atoms with E-state index in [2.05, 4.69) is 0 Å². The molecule has 14 heavy (non-hydrogen) atoms. The lowest BCUT2D eigenvalue weighted by atomic mass is 9.96. The molecule has 1 unspecified atom stereocenters. The van der Waals surface area contributed by atoms with Crippen LogP contribution >= 0.6 is 0 Å². The first kappa shape index (κ1) is 10.2. The molecule has 82 valence electrons. The Balaban J connectivity index is 2.15. The lowest BCUT2D eigenvalue weighted by Gasteiger charge is -2.29. The first-order valence-electron chi connectivity index (χ1n) is 4.34. The van der Waals surface area contributed by atoms with Gasteiger partial charge in [-0.2, -0.15) is 12.7 Å². The maximum Gasteiger partial charge on any atom is 0.374 e. The van der Waals surface area contributed by atoms with E-state index >= 15 is 0 Å². The van der Waals surface area contributed by atoms with Crippen molar-refractivity contribution < 1.29 is 21.1 Å². The van der Waals surface area contributed by atoms with Crippen molar-refractivity contribution in [1.82, 2.24) is 4.31 Å². The quantitative estimate of drug-likeness (QED) is 0.636. The molecule has 1 atom stereocenters. The van der Waals surface area contributed by atoms with Gasteiger partial charge in [0.2, 0.25) is 0 Å². The van der Waals surface area contributed by atoms with Crippen molar-refractivity contribution >= 4 is 10.4 Å². The summed E-state index contributed by atoms with van der Waals surface area (Å²) < 4.78 is 59.9. The van der Waals surface area contributed by atoms with Gasteiger partial charge in [0.1, 0.15) is 0 Å². The fourth-order valence-electron chi connectivity index (χ4n) is 2.10. The zero-order chi connectivity index (χ0) is 10.6. The highest BCUT2D eigenvalue weighted by molar-refractivity contribution is 7.83. The molecule has 0 amide bonds. The van der Waals surface area contributed by atoms with Crippen molar-refractivity contribution in [3.05, 3.63) is 0 Å². The molecule has 7 heteroatoms. The van der Waals surface area contributed by atoms with Gasteiger partial charge in [-0.1, -0.05) is 3.89 Å². The number of alkyl halides is 2. The third kappa shape index (κ3) is 1.42. The van der Waals surface area contributed by atoms with Gasteiger partial charge in [0.25, 0.3) is 5.92 Å². The van der Waals surface area contributed by atoms with Crippen LogP contribution in [0.2, 0.25) is 0 Å². The van der Waals surface area contributed by atoms with Crippen LogP contribution in [0.25, 0.3) is 0 Å². The fraction of sp³-hybridized carbons (Fsp3) is 1.00. The van der Waals surface area contributed by atoms with Crippen LogP contribution in [0.4, 0.5) is 12.7 Å². The van der Waals surface area contributed by atoms with E-state index in [1.165, 1.54) is 0 Å². The first-order valence-corrected chi connectivity index (χ1v) is 5.69. The lowest BCUT2D eigenvalue weighted by molar-refractivity contribution is 0.0404. The molecule has 0 N–H and O–H groups in total. The summed E-state index contributed by atoms with van der Waals surface area (Å²) in [6.07, 6.45) is 0.275. The van der Waals surface area contributed by atoms with Crippen molar-refractivity contribution in [1.29, 1.82) is 0 Å². The van der Waals surface area contributed by atoms with Crippen molar-refractivity contribution in [2.45, 2.75) is 25.2 Å². The smallest absolute Gasteiger partial charge is 0.206 e. The minimum atomic E-state index is -4.81. The van der Waals surface area contributed by atoms with E-state index in [0.717, 1.165) is 0 Å². The van der Waals surface area contributed by atoms with Crippen molar-refractivity contribution in [2.75, 3.05) is 13.1 Å². The molecule has 0 bridgehead atoms. The van der Waals surface area contributed by atoms with E-state index < -0.39 is 21.7 Å². The van der Waals surface area contributed by atoms with Gasteiger partial charge in [0, 0.05) is 19.5 Å². The van der Waals surface area contributed by atoms with Crippen LogP contribution in [0.1, 0.15) is 19.3 Å². The van der Waals surface area contributed by atoms with Gasteiger partial charge < -0.3 is 0 Å². The molecule has 1 saturated carbocycles. The van der Waals surface area contributed by atoms with E-state index in [1.807, 2.05) is 0 Å². The zero-order valence-corrected chi connectivity index (χ0v) is 8.16. The molecule has 2 rings (SSSR count). The van der Waals surface area contributed by atoms with Gasteiger partial charge >= 0.3 is 10.4 Å². The topological polar surface area (TPSA) is 37.4 Å². The molecule has 1 aliphatic heterocycles. The summed E-state index contributed by atoms with van der Waals surface area (Å²) in [5.41, 5.74) is -1.27. The van der Waals surface area contributed by atoms with E-state index in [9.17, 15) is 21.1 Å². The molecule has 2 fully saturated rings. The molecule has 2 aliphatic rings. The standard InChI is InChI=1S/C7H10F3NO2S/c8-7(9)4-6(7)2-1-3-11(5-6)14(10,12)13/h1-5H2. The Labute approximate surface area is 80.2 Å².